The van der Waals surface area contributed by atoms with Gasteiger partial charge in [-0.1, -0.05) is 5.16 Å². The minimum atomic E-state index is 0.409. The minimum absolute atomic E-state index is 0.409. The summed E-state index contributed by atoms with van der Waals surface area (Å²) in [6.45, 7) is 3.88. The van der Waals surface area contributed by atoms with Crippen LogP contribution in [0.1, 0.15) is 11.3 Å². The highest BCUT2D eigenvalue weighted by atomic mass is 16.5. The average Bonchev–Trinajstić information content (AvgIpc) is 3.06. The molecule has 0 spiro atoms. The number of hydrogen-bond donors (Lipinski definition) is 0. The van der Waals surface area contributed by atoms with Crippen LogP contribution < -0.4 is 4.74 Å². The molecule has 0 radical (unpaired) electrons. The maximum absolute atomic E-state index is 5.33. The van der Waals surface area contributed by atoms with Crippen LogP contribution >= 0.6 is 0 Å². The van der Waals surface area contributed by atoms with Crippen LogP contribution in [0.4, 0.5) is 0 Å². The number of ether oxygens (including phenoxy) is 1. The average molecular weight is 285 g/mol. The van der Waals surface area contributed by atoms with E-state index in [1.165, 1.54) is 0 Å². The molecule has 7 heteroatoms. The molecule has 0 aromatic carbocycles. The SMILES string of the molecule is COc1nc(C)cc(C)c1-c1noc(-c2cncn2C)n1. The van der Waals surface area contributed by atoms with Gasteiger partial charge in [0.1, 0.15) is 5.69 Å². The second kappa shape index (κ2) is 5.01. The Kier molecular flexibility index (Phi) is 3.17. The Morgan fingerprint density at radius 3 is 2.71 bits per heavy atom. The van der Waals surface area contributed by atoms with Crippen LogP contribution in [0.15, 0.2) is 23.1 Å². The van der Waals surface area contributed by atoms with Crippen LogP contribution in [0.2, 0.25) is 0 Å². The van der Waals surface area contributed by atoms with E-state index >= 15 is 0 Å². The number of methoxy groups -OCH3 is 1. The summed E-state index contributed by atoms with van der Waals surface area (Å²) in [5.41, 5.74) is 3.35. The lowest BCUT2D eigenvalue weighted by Crippen LogP contribution is -1.98. The van der Waals surface area contributed by atoms with Crippen LogP contribution in [0.5, 0.6) is 5.88 Å². The normalized spacial score (nSPS) is 10.9. The van der Waals surface area contributed by atoms with E-state index in [2.05, 4.69) is 20.1 Å². The summed E-state index contributed by atoms with van der Waals surface area (Å²) in [5.74, 6) is 1.35. The number of aromatic nitrogens is 5. The van der Waals surface area contributed by atoms with Crippen LogP contribution in [-0.4, -0.2) is 31.8 Å². The van der Waals surface area contributed by atoms with Crippen molar-refractivity contribution in [1.82, 2.24) is 24.7 Å². The maximum atomic E-state index is 5.33. The Morgan fingerprint density at radius 1 is 1.24 bits per heavy atom. The van der Waals surface area contributed by atoms with Gasteiger partial charge in [-0.05, 0) is 25.5 Å². The van der Waals surface area contributed by atoms with Crippen molar-refractivity contribution in [2.45, 2.75) is 13.8 Å². The first-order valence-electron chi connectivity index (χ1n) is 6.43. The molecule has 0 saturated carbocycles. The van der Waals surface area contributed by atoms with Gasteiger partial charge in [0.2, 0.25) is 11.7 Å². The van der Waals surface area contributed by atoms with Gasteiger partial charge in [-0.15, -0.1) is 0 Å². The highest BCUT2D eigenvalue weighted by Crippen LogP contribution is 2.31. The van der Waals surface area contributed by atoms with E-state index in [1.807, 2.05) is 31.5 Å². The summed E-state index contributed by atoms with van der Waals surface area (Å²) in [5, 5.41) is 4.04. The fourth-order valence-corrected chi connectivity index (χ4v) is 2.21. The Hall–Kier alpha value is -2.70. The fraction of sp³-hybridized carbons (Fsp3) is 0.286. The Balaban J connectivity index is 2.11. The molecule has 3 aromatic rings. The second-order valence-corrected chi connectivity index (χ2v) is 4.78. The number of aryl methyl sites for hydroxylation is 3. The number of hydrogen-bond acceptors (Lipinski definition) is 6. The molecule has 0 aliphatic carbocycles. The number of imidazole rings is 1. The van der Waals surface area contributed by atoms with Gasteiger partial charge >= 0.3 is 0 Å². The van der Waals surface area contributed by atoms with E-state index in [4.69, 9.17) is 9.26 Å². The van der Waals surface area contributed by atoms with Crippen molar-refractivity contribution in [3.05, 3.63) is 29.8 Å². The van der Waals surface area contributed by atoms with Gasteiger partial charge in [-0.3, -0.25) is 0 Å². The molecule has 0 fully saturated rings. The summed E-state index contributed by atoms with van der Waals surface area (Å²) < 4.78 is 12.5. The molecular formula is C14H15N5O2. The van der Waals surface area contributed by atoms with Gasteiger partial charge in [0, 0.05) is 12.7 Å². The summed E-state index contributed by atoms with van der Waals surface area (Å²) in [6, 6.07) is 1.96. The molecule has 0 amide bonds. The summed E-state index contributed by atoms with van der Waals surface area (Å²) in [6.07, 6.45) is 3.35. The first-order valence-corrected chi connectivity index (χ1v) is 6.43. The molecule has 7 nitrogen and oxygen atoms in total. The van der Waals surface area contributed by atoms with E-state index in [9.17, 15) is 0 Å². The highest BCUT2D eigenvalue weighted by molar-refractivity contribution is 5.67. The molecule has 3 aromatic heterocycles. The van der Waals surface area contributed by atoms with Crippen molar-refractivity contribution in [2.75, 3.05) is 7.11 Å². The predicted octanol–water partition coefficient (Wildman–Crippen LogP) is 2.16. The standard InChI is InChI=1S/C14H15N5O2/c1-8-5-9(2)16-14(20-4)11(8)12-17-13(21-18-12)10-6-15-7-19(10)3/h5-7H,1-4H3. The van der Waals surface area contributed by atoms with E-state index < -0.39 is 0 Å². The molecular weight excluding hydrogens is 270 g/mol. The Morgan fingerprint density at radius 2 is 2.05 bits per heavy atom. The zero-order valence-corrected chi connectivity index (χ0v) is 12.3. The first-order chi connectivity index (χ1) is 10.1. The van der Waals surface area contributed by atoms with E-state index in [1.54, 1.807) is 19.6 Å². The molecule has 0 saturated heterocycles. The lowest BCUT2D eigenvalue weighted by Gasteiger charge is -2.08. The summed E-state index contributed by atoms with van der Waals surface area (Å²) in [4.78, 5) is 12.8. The van der Waals surface area contributed by atoms with Gasteiger partial charge in [-0.2, -0.15) is 4.98 Å². The molecule has 0 aliphatic rings. The Bertz CT molecular complexity index is 791. The van der Waals surface area contributed by atoms with Crippen molar-refractivity contribution in [3.8, 4) is 28.9 Å². The van der Waals surface area contributed by atoms with Crippen molar-refractivity contribution in [2.24, 2.45) is 7.05 Å². The zero-order chi connectivity index (χ0) is 15.0. The third kappa shape index (κ3) is 2.26. The van der Waals surface area contributed by atoms with E-state index in [0.29, 0.717) is 17.6 Å². The molecule has 0 aliphatic heterocycles. The largest absolute Gasteiger partial charge is 0.480 e. The number of rotatable bonds is 3. The smallest absolute Gasteiger partial charge is 0.276 e. The van der Waals surface area contributed by atoms with Crippen LogP contribution in [0.3, 0.4) is 0 Å². The highest BCUT2D eigenvalue weighted by Gasteiger charge is 2.19. The second-order valence-electron chi connectivity index (χ2n) is 4.78. The van der Waals surface area contributed by atoms with Gasteiger partial charge in [0.25, 0.3) is 5.89 Å². The molecule has 0 bridgehead atoms. The van der Waals surface area contributed by atoms with Crippen LogP contribution in [0, 0.1) is 13.8 Å². The van der Waals surface area contributed by atoms with E-state index in [0.717, 1.165) is 22.5 Å². The number of nitrogens with zero attached hydrogens (tertiary/aromatic N) is 5. The lowest BCUT2D eigenvalue weighted by molar-refractivity contribution is 0.396. The molecule has 0 unspecified atom stereocenters. The minimum Gasteiger partial charge on any atom is -0.480 e. The van der Waals surface area contributed by atoms with Crippen LogP contribution in [0.25, 0.3) is 23.0 Å². The van der Waals surface area contributed by atoms with Crippen LogP contribution in [-0.2, 0) is 7.05 Å². The monoisotopic (exact) mass is 285 g/mol. The number of pyridine rings is 1. The van der Waals surface area contributed by atoms with Gasteiger partial charge in [0.05, 0.1) is 25.2 Å². The zero-order valence-electron chi connectivity index (χ0n) is 12.3. The van der Waals surface area contributed by atoms with Gasteiger partial charge < -0.3 is 13.8 Å². The summed E-state index contributed by atoms with van der Waals surface area (Å²) >= 11 is 0. The molecule has 108 valence electrons. The maximum Gasteiger partial charge on any atom is 0.276 e. The van der Waals surface area contributed by atoms with Crippen molar-refractivity contribution < 1.29 is 9.26 Å². The summed E-state index contributed by atoms with van der Waals surface area (Å²) in [7, 11) is 3.44. The van der Waals surface area contributed by atoms with Crippen molar-refractivity contribution in [1.29, 1.82) is 0 Å². The van der Waals surface area contributed by atoms with Crippen molar-refractivity contribution in [3.63, 3.8) is 0 Å². The predicted molar refractivity (Wildman–Crippen MR) is 75.8 cm³/mol. The molecule has 3 rings (SSSR count). The topological polar surface area (TPSA) is 78.9 Å². The molecule has 0 atom stereocenters. The lowest BCUT2D eigenvalue weighted by atomic mass is 10.1. The molecule has 3 heterocycles. The third-order valence-electron chi connectivity index (χ3n) is 3.19. The first kappa shape index (κ1) is 13.3. The van der Waals surface area contributed by atoms with Gasteiger partial charge in [-0.25, -0.2) is 9.97 Å². The molecule has 0 N–H and O–H groups in total. The quantitative estimate of drug-likeness (QED) is 0.733. The van der Waals surface area contributed by atoms with Gasteiger partial charge in [0.15, 0.2) is 0 Å². The Labute approximate surface area is 121 Å². The molecule has 21 heavy (non-hydrogen) atoms. The van der Waals surface area contributed by atoms with E-state index in [-0.39, 0.29) is 0 Å². The fourth-order valence-electron chi connectivity index (χ4n) is 2.21. The third-order valence-corrected chi connectivity index (χ3v) is 3.19. The van der Waals surface area contributed by atoms with Crippen molar-refractivity contribution >= 4 is 0 Å².